The zero-order valence-electron chi connectivity index (χ0n) is 11.0. The van der Waals surface area contributed by atoms with E-state index < -0.39 is 0 Å². The van der Waals surface area contributed by atoms with Crippen molar-refractivity contribution in [2.45, 2.75) is 19.4 Å². The molecule has 2 aromatic rings. The van der Waals surface area contributed by atoms with Crippen LogP contribution >= 0.6 is 15.9 Å². The third-order valence-corrected chi connectivity index (χ3v) is 3.95. The molecule has 106 valence electrons. The summed E-state index contributed by atoms with van der Waals surface area (Å²) in [6, 6.07) is 8.95. The Balaban J connectivity index is 2.28. The number of aryl methyl sites for hydroxylation is 1. The molecule has 0 amide bonds. The molecule has 0 radical (unpaired) electrons. The molecular formula is C15H15BrF2N2. The van der Waals surface area contributed by atoms with Gasteiger partial charge in [-0.3, -0.25) is 11.3 Å². The van der Waals surface area contributed by atoms with Gasteiger partial charge in [-0.1, -0.05) is 28.1 Å². The van der Waals surface area contributed by atoms with Gasteiger partial charge in [0.15, 0.2) is 0 Å². The number of halogens is 3. The van der Waals surface area contributed by atoms with Crippen LogP contribution in [-0.2, 0) is 6.42 Å². The largest absolute Gasteiger partial charge is 0.271 e. The topological polar surface area (TPSA) is 38.0 Å². The average molecular weight is 341 g/mol. The molecule has 0 aliphatic carbocycles. The van der Waals surface area contributed by atoms with E-state index in [4.69, 9.17) is 5.84 Å². The number of nitrogens with one attached hydrogen (secondary N) is 1. The normalized spacial score (nSPS) is 12.4. The van der Waals surface area contributed by atoms with Crippen LogP contribution in [-0.4, -0.2) is 0 Å². The summed E-state index contributed by atoms with van der Waals surface area (Å²) in [7, 11) is 0. The van der Waals surface area contributed by atoms with E-state index in [1.54, 1.807) is 12.1 Å². The summed E-state index contributed by atoms with van der Waals surface area (Å²) in [5.41, 5.74) is 5.44. The van der Waals surface area contributed by atoms with Crippen molar-refractivity contribution in [2.75, 3.05) is 0 Å². The predicted octanol–water partition coefficient (Wildman–Crippen LogP) is 3.78. The summed E-state index contributed by atoms with van der Waals surface area (Å²) in [6.07, 6.45) is 0.590. The first-order chi connectivity index (χ1) is 9.51. The monoisotopic (exact) mass is 340 g/mol. The zero-order chi connectivity index (χ0) is 14.7. The van der Waals surface area contributed by atoms with Gasteiger partial charge in [-0.05, 0) is 54.3 Å². The summed E-state index contributed by atoms with van der Waals surface area (Å²) >= 11 is 3.34. The van der Waals surface area contributed by atoms with Gasteiger partial charge >= 0.3 is 0 Å². The van der Waals surface area contributed by atoms with Crippen molar-refractivity contribution >= 4 is 15.9 Å². The molecule has 0 bridgehead atoms. The van der Waals surface area contributed by atoms with Crippen LogP contribution < -0.4 is 11.3 Å². The molecular weight excluding hydrogens is 326 g/mol. The molecule has 1 atom stereocenters. The van der Waals surface area contributed by atoms with Crippen LogP contribution in [0.5, 0.6) is 0 Å². The standard InChI is InChI=1S/C15H15BrF2N2/c1-9-6-11(17)3-2-10(9)7-15(20-19)13-5-4-12(18)8-14(13)16/h2-6,8,15,20H,7,19H2,1H3. The van der Waals surface area contributed by atoms with E-state index in [0.717, 1.165) is 16.7 Å². The second-order valence-electron chi connectivity index (χ2n) is 4.66. The molecule has 2 aromatic carbocycles. The molecule has 0 fully saturated rings. The highest BCUT2D eigenvalue weighted by atomic mass is 79.9. The van der Waals surface area contributed by atoms with Gasteiger partial charge in [-0.25, -0.2) is 8.78 Å². The van der Waals surface area contributed by atoms with Gasteiger partial charge in [0, 0.05) is 4.47 Å². The lowest BCUT2D eigenvalue weighted by molar-refractivity contribution is 0.544. The Labute approximate surface area is 125 Å². The first-order valence-electron chi connectivity index (χ1n) is 6.17. The smallest absolute Gasteiger partial charge is 0.124 e. The molecule has 2 nitrogen and oxygen atoms in total. The lowest BCUT2D eigenvalue weighted by Gasteiger charge is -2.19. The maximum Gasteiger partial charge on any atom is 0.124 e. The van der Waals surface area contributed by atoms with Gasteiger partial charge in [-0.15, -0.1) is 0 Å². The summed E-state index contributed by atoms with van der Waals surface area (Å²) in [6.45, 7) is 1.85. The SMILES string of the molecule is Cc1cc(F)ccc1CC(NN)c1ccc(F)cc1Br. The van der Waals surface area contributed by atoms with E-state index in [-0.39, 0.29) is 17.7 Å². The fourth-order valence-corrected chi connectivity index (χ4v) is 2.78. The first kappa shape index (κ1) is 15.1. The molecule has 0 spiro atoms. The zero-order valence-corrected chi connectivity index (χ0v) is 12.5. The minimum absolute atomic E-state index is 0.186. The molecule has 0 saturated carbocycles. The van der Waals surface area contributed by atoms with Gasteiger partial charge in [0.25, 0.3) is 0 Å². The minimum Gasteiger partial charge on any atom is -0.271 e. The lowest BCUT2D eigenvalue weighted by atomic mass is 9.96. The van der Waals surface area contributed by atoms with E-state index in [1.165, 1.54) is 24.3 Å². The highest BCUT2D eigenvalue weighted by Crippen LogP contribution is 2.27. The highest BCUT2D eigenvalue weighted by molar-refractivity contribution is 9.10. The second-order valence-corrected chi connectivity index (χ2v) is 5.51. The molecule has 0 aromatic heterocycles. The van der Waals surface area contributed by atoms with Crippen molar-refractivity contribution in [2.24, 2.45) is 5.84 Å². The third-order valence-electron chi connectivity index (χ3n) is 3.27. The Kier molecular flexibility index (Phi) is 4.86. The van der Waals surface area contributed by atoms with Crippen molar-refractivity contribution in [3.05, 3.63) is 69.2 Å². The maximum atomic E-state index is 13.1. The van der Waals surface area contributed by atoms with E-state index in [0.29, 0.717) is 10.9 Å². The van der Waals surface area contributed by atoms with E-state index in [9.17, 15) is 8.78 Å². The average Bonchev–Trinajstić information content (AvgIpc) is 2.39. The molecule has 0 saturated heterocycles. The molecule has 3 N–H and O–H groups in total. The van der Waals surface area contributed by atoms with Crippen molar-refractivity contribution in [1.82, 2.24) is 5.43 Å². The molecule has 20 heavy (non-hydrogen) atoms. The van der Waals surface area contributed by atoms with Crippen LogP contribution in [0.2, 0.25) is 0 Å². The van der Waals surface area contributed by atoms with Crippen molar-refractivity contribution in [1.29, 1.82) is 0 Å². The van der Waals surface area contributed by atoms with Gasteiger partial charge in [0.05, 0.1) is 6.04 Å². The molecule has 0 aliphatic rings. The quantitative estimate of drug-likeness (QED) is 0.656. The first-order valence-corrected chi connectivity index (χ1v) is 6.96. The summed E-state index contributed by atoms with van der Waals surface area (Å²) in [5.74, 6) is 5.03. The third kappa shape index (κ3) is 3.42. The van der Waals surface area contributed by atoms with E-state index in [1.807, 2.05) is 6.92 Å². The highest BCUT2D eigenvalue weighted by Gasteiger charge is 2.15. The van der Waals surface area contributed by atoms with Crippen molar-refractivity contribution < 1.29 is 8.78 Å². The summed E-state index contributed by atoms with van der Waals surface area (Å²) in [5, 5.41) is 0. The van der Waals surface area contributed by atoms with Crippen LogP contribution in [0.15, 0.2) is 40.9 Å². The van der Waals surface area contributed by atoms with Crippen LogP contribution in [0.25, 0.3) is 0 Å². The molecule has 1 unspecified atom stereocenters. The van der Waals surface area contributed by atoms with Gasteiger partial charge in [0.2, 0.25) is 0 Å². The Morgan fingerprint density at radius 3 is 2.40 bits per heavy atom. The van der Waals surface area contributed by atoms with Crippen LogP contribution in [0.1, 0.15) is 22.7 Å². The number of hydrogen-bond acceptors (Lipinski definition) is 2. The molecule has 5 heteroatoms. The van der Waals surface area contributed by atoms with Gasteiger partial charge in [-0.2, -0.15) is 0 Å². The Bertz CT molecular complexity index is 617. The van der Waals surface area contributed by atoms with E-state index in [2.05, 4.69) is 21.4 Å². The Morgan fingerprint density at radius 1 is 1.15 bits per heavy atom. The molecule has 0 heterocycles. The maximum absolute atomic E-state index is 13.1. The Morgan fingerprint density at radius 2 is 1.80 bits per heavy atom. The number of nitrogens with two attached hydrogens (primary N) is 1. The van der Waals surface area contributed by atoms with Crippen molar-refractivity contribution in [3.63, 3.8) is 0 Å². The van der Waals surface area contributed by atoms with Gasteiger partial charge < -0.3 is 0 Å². The number of hydrazine groups is 1. The van der Waals surface area contributed by atoms with Crippen molar-refractivity contribution in [3.8, 4) is 0 Å². The number of hydrogen-bond donors (Lipinski definition) is 2. The summed E-state index contributed by atoms with van der Waals surface area (Å²) in [4.78, 5) is 0. The molecule has 0 aliphatic heterocycles. The van der Waals surface area contributed by atoms with E-state index >= 15 is 0 Å². The number of benzene rings is 2. The van der Waals surface area contributed by atoms with Gasteiger partial charge in [0.1, 0.15) is 11.6 Å². The predicted molar refractivity (Wildman–Crippen MR) is 79.0 cm³/mol. The summed E-state index contributed by atoms with van der Waals surface area (Å²) < 4.78 is 26.9. The fourth-order valence-electron chi connectivity index (χ4n) is 2.15. The fraction of sp³-hybridized carbons (Fsp3) is 0.200. The van der Waals surface area contributed by atoms with Crippen LogP contribution in [0, 0.1) is 18.6 Å². The Hall–Kier alpha value is -1.30. The minimum atomic E-state index is -0.311. The van der Waals surface area contributed by atoms with Crippen LogP contribution in [0.3, 0.4) is 0 Å². The second kappa shape index (κ2) is 6.43. The lowest BCUT2D eigenvalue weighted by Crippen LogP contribution is -2.30. The van der Waals surface area contributed by atoms with Crippen LogP contribution in [0.4, 0.5) is 8.78 Å². The molecule has 2 rings (SSSR count). The number of rotatable bonds is 4.